The summed E-state index contributed by atoms with van der Waals surface area (Å²) in [5, 5.41) is 20.4. The van der Waals surface area contributed by atoms with Gasteiger partial charge >= 0.3 is 5.97 Å². The lowest BCUT2D eigenvalue weighted by molar-refractivity contribution is -0.138. The van der Waals surface area contributed by atoms with E-state index in [-0.39, 0.29) is 29.6 Å². The van der Waals surface area contributed by atoms with Gasteiger partial charge in [0.25, 0.3) is 5.91 Å². The lowest BCUT2D eigenvalue weighted by Gasteiger charge is -2.13. The summed E-state index contributed by atoms with van der Waals surface area (Å²) in [7, 11) is 0. The fourth-order valence-corrected chi connectivity index (χ4v) is 5.03. The number of hydrogen-bond donors (Lipinski definition) is 1. The van der Waals surface area contributed by atoms with Crippen molar-refractivity contribution >= 4 is 34.8 Å². The van der Waals surface area contributed by atoms with Crippen LogP contribution in [0.1, 0.15) is 46.5 Å². The second-order valence-corrected chi connectivity index (χ2v) is 9.82. The SMILES string of the molecule is CCOC(=O)C1=C(O)/C(=C/c2ccc(OCc3ccccc3C#N)c(OCC)c2)SC1=NC(=O)c1ccccc1C. The van der Waals surface area contributed by atoms with Crippen molar-refractivity contribution in [2.45, 2.75) is 27.4 Å². The zero-order valence-electron chi connectivity index (χ0n) is 22.8. The molecule has 3 aromatic rings. The number of hydrogen-bond acceptors (Lipinski definition) is 8. The first kappa shape index (κ1) is 29.2. The Labute approximate surface area is 242 Å². The van der Waals surface area contributed by atoms with Crippen LogP contribution in [0.15, 0.2) is 88.0 Å². The molecular weight excluding hydrogens is 540 g/mol. The van der Waals surface area contributed by atoms with Gasteiger partial charge in [-0.05, 0) is 62.2 Å². The molecule has 1 N–H and O–H groups in total. The van der Waals surface area contributed by atoms with E-state index in [0.29, 0.717) is 39.7 Å². The number of nitrogens with zero attached hydrogens (tertiary/aromatic N) is 2. The minimum absolute atomic E-state index is 0.0570. The number of benzene rings is 3. The molecule has 0 saturated carbocycles. The summed E-state index contributed by atoms with van der Waals surface area (Å²) >= 11 is 1.00. The van der Waals surface area contributed by atoms with E-state index in [1.54, 1.807) is 68.5 Å². The Morgan fingerprint density at radius 2 is 1.76 bits per heavy atom. The summed E-state index contributed by atoms with van der Waals surface area (Å²) in [6, 6.07) is 21.6. The first-order chi connectivity index (χ1) is 19.9. The number of aliphatic hydroxyl groups excluding tert-OH is 1. The van der Waals surface area contributed by atoms with Crippen molar-refractivity contribution in [3.63, 3.8) is 0 Å². The first-order valence-electron chi connectivity index (χ1n) is 12.9. The van der Waals surface area contributed by atoms with Crippen molar-refractivity contribution in [3.05, 3.63) is 111 Å². The average Bonchev–Trinajstić information content (AvgIpc) is 3.27. The van der Waals surface area contributed by atoms with E-state index in [9.17, 15) is 20.0 Å². The first-order valence-corrected chi connectivity index (χ1v) is 13.7. The maximum atomic E-state index is 13.0. The van der Waals surface area contributed by atoms with E-state index in [0.717, 1.165) is 22.9 Å². The second kappa shape index (κ2) is 13.5. The van der Waals surface area contributed by atoms with Gasteiger partial charge in [-0.15, -0.1) is 0 Å². The van der Waals surface area contributed by atoms with Crippen LogP contribution in [-0.4, -0.2) is 35.2 Å². The Balaban J connectivity index is 1.65. The predicted octanol–water partition coefficient (Wildman–Crippen LogP) is 6.55. The third kappa shape index (κ3) is 6.86. The molecule has 41 heavy (non-hydrogen) atoms. The molecule has 0 atom stereocenters. The van der Waals surface area contributed by atoms with Gasteiger partial charge in [0.05, 0.1) is 29.8 Å². The molecule has 1 amide bonds. The fraction of sp³-hybridized carbons (Fsp3) is 0.188. The van der Waals surface area contributed by atoms with Crippen molar-refractivity contribution in [3.8, 4) is 17.6 Å². The van der Waals surface area contributed by atoms with Crippen LogP contribution in [-0.2, 0) is 16.1 Å². The van der Waals surface area contributed by atoms with Crippen LogP contribution in [0.5, 0.6) is 11.5 Å². The van der Waals surface area contributed by atoms with Gasteiger partial charge in [-0.1, -0.05) is 54.2 Å². The molecule has 0 aliphatic carbocycles. The van der Waals surface area contributed by atoms with E-state index in [1.165, 1.54) is 0 Å². The third-order valence-electron chi connectivity index (χ3n) is 6.04. The van der Waals surface area contributed by atoms with Crippen LogP contribution in [0.3, 0.4) is 0 Å². The standard InChI is InChI=1S/C32H28N2O6S/c1-4-38-26-16-21(14-15-25(26)40-19-23-12-8-7-11-22(23)18-33)17-27-29(35)28(32(37)39-5-2)31(41-27)34-30(36)24-13-9-6-10-20(24)3/h6-17,35H,4-5,19H2,1-3H3/b27-17-,34-31?. The maximum Gasteiger partial charge on any atom is 0.344 e. The van der Waals surface area contributed by atoms with Gasteiger partial charge in [0, 0.05) is 11.1 Å². The van der Waals surface area contributed by atoms with Crippen molar-refractivity contribution < 1.29 is 28.9 Å². The molecule has 0 saturated heterocycles. The molecule has 0 spiro atoms. The number of aliphatic imine (C=N–C) groups is 1. The van der Waals surface area contributed by atoms with E-state index < -0.39 is 11.9 Å². The van der Waals surface area contributed by atoms with Crippen LogP contribution in [0.25, 0.3) is 6.08 Å². The smallest absolute Gasteiger partial charge is 0.344 e. The third-order valence-corrected chi connectivity index (χ3v) is 7.06. The number of ether oxygens (including phenoxy) is 3. The molecule has 3 aromatic carbocycles. The normalized spacial score (nSPS) is 14.7. The molecule has 0 aromatic heterocycles. The van der Waals surface area contributed by atoms with Gasteiger partial charge < -0.3 is 19.3 Å². The number of aliphatic hydroxyl groups is 1. The minimum Gasteiger partial charge on any atom is -0.506 e. The largest absolute Gasteiger partial charge is 0.506 e. The summed E-state index contributed by atoms with van der Waals surface area (Å²) in [6.07, 6.45) is 1.66. The Bertz CT molecular complexity index is 1620. The van der Waals surface area contributed by atoms with Crippen molar-refractivity contribution in [2.75, 3.05) is 13.2 Å². The number of carbonyl (C=O) groups is 2. The molecule has 8 nitrogen and oxygen atoms in total. The fourth-order valence-electron chi connectivity index (χ4n) is 4.02. The molecule has 4 rings (SSSR count). The molecule has 0 bridgehead atoms. The molecular formula is C32H28N2O6S. The van der Waals surface area contributed by atoms with Gasteiger partial charge in [-0.2, -0.15) is 5.26 Å². The van der Waals surface area contributed by atoms with Crippen LogP contribution in [0, 0.1) is 18.3 Å². The summed E-state index contributed by atoms with van der Waals surface area (Å²) in [4.78, 5) is 30.2. The highest BCUT2D eigenvalue weighted by Crippen LogP contribution is 2.40. The van der Waals surface area contributed by atoms with Crippen LogP contribution < -0.4 is 9.47 Å². The molecule has 0 fully saturated rings. The number of carbonyl (C=O) groups excluding carboxylic acids is 2. The molecule has 9 heteroatoms. The summed E-state index contributed by atoms with van der Waals surface area (Å²) in [6.45, 7) is 5.96. The highest BCUT2D eigenvalue weighted by Gasteiger charge is 2.34. The zero-order chi connectivity index (χ0) is 29.4. The summed E-state index contributed by atoms with van der Waals surface area (Å²) in [5.74, 6) is -0.666. The van der Waals surface area contributed by atoms with E-state index in [4.69, 9.17) is 14.2 Å². The number of thioether (sulfide) groups is 1. The molecule has 0 unspecified atom stereocenters. The van der Waals surface area contributed by atoms with Gasteiger partial charge in [-0.3, -0.25) is 4.79 Å². The second-order valence-electron chi connectivity index (χ2n) is 8.79. The van der Waals surface area contributed by atoms with Gasteiger partial charge in [0.2, 0.25) is 0 Å². The highest BCUT2D eigenvalue weighted by atomic mass is 32.2. The number of aryl methyl sites for hydroxylation is 1. The van der Waals surface area contributed by atoms with Gasteiger partial charge in [0.1, 0.15) is 23.0 Å². The van der Waals surface area contributed by atoms with Crippen molar-refractivity contribution in [1.82, 2.24) is 0 Å². The quantitative estimate of drug-likeness (QED) is 0.289. The Kier molecular flexibility index (Phi) is 9.61. The van der Waals surface area contributed by atoms with Crippen molar-refractivity contribution in [1.29, 1.82) is 5.26 Å². The number of amides is 1. The molecule has 0 radical (unpaired) electrons. The lowest BCUT2D eigenvalue weighted by atomic mass is 10.1. The van der Waals surface area contributed by atoms with Gasteiger partial charge in [0.15, 0.2) is 11.5 Å². The van der Waals surface area contributed by atoms with Crippen LogP contribution in [0.2, 0.25) is 0 Å². The Hall–Kier alpha value is -4.81. The number of esters is 1. The Morgan fingerprint density at radius 1 is 1.00 bits per heavy atom. The topological polar surface area (TPSA) is 118 Å². The van der Waals surface area contributed by atoms with Crippen LogP contribution >= 0.6 is 11.8 Å². The molecule has 1 heterocycles. The van der Waals surface area contributed by atoms with E-state index in [2.05, 4.69) is 11.1 Å². The zero-order valence-corrected chi connectivity index (χ0v) is 23.7. The summed E-state index contributed by atoms with van der Waals surface area (Å²) in [5.41, 5.74) is 2.92. The highest BCUT2D eigenvalue weighted by molar-refractivity contribution is 8.18. The average molecular weight is 569 g/mol. The van der Waals surface area contributed by atoms with E-state index >= 15 is 0 Å². The molecule has 208 valence electrons. The lowest BCUT2D eigenvalue weighted by Crippen LogP contribution is -2.14. The minimum atomic E-state index is -0.770. The summed E-state index contributed by atoms with van der Waals surface area (Å²) < 4.78 is 16.9. The van der Waals surface area contributed by atoms with E-state index in [1.807, 2.05) is 25.1 Å². The predicted molar refractivity (Wildman–Crippen MR) is 158 cm³/mol. The Morgan fingerprint density at radius 3 is 2.49 bits per heavy atom. The number of rotatable bonds is 9. The number of nitriles is 1. The van der Waals surface area contributed by atoms with Gasteiger partial charge in [-0.25, -0.2) is 9.79 Å². The molecule has 1 aliphatic heterocycles. The van der Waals surface area contributed by atoms with Crippen LogP contribution in [0.4, 0.5) is 0 Å². The maximum absolute atomic E-state index is 13.0. The monoisotopic (exact) mass is 568 g/mol. The van der Waals surface area contributed by atoms with Crippen molar-refractivity contribution in [2.24, 2.45) is 4.99 Å². The molecule has 1 aliphatic rings.